The quantitative estimate of drug-likeness (QED) is 0.179. The SMILES string of the molecule is [CH-]1CCCCC1.[CH-]1CCCCC1.[CH-]1CCCCC1.[O-]P([O-])(=S)[S-].[Zn+2].[Zn+2].[Zn+2]. The minimum atomic E-state index is -3.72. The molecule has 3 aliphatic carbocycles. The van der Waals surface area contributed by atoms with E-state index in [4.69, 9.17) is 0 Å². The molecule has 8 heteroatoms. The number of rotatable bonds is 0. The maximum atomic E-state index is 9.29. The van der Waals surface area contributed by atoms with Crippen LogP contribution in [0.25, 0.3) is 0 Å². The molecule has 0 aromatic heterocycles. The fourth-order valence-corrected chi connectivity index (χ4v) is 2.70. The first-order chi connectivity index (χ1) is 11.0. The molecule has 0 aliphatic heterocycles. The van der Waals surface area contributed by atoms with Crippen molar-refractivity contribution in [3.05, 3.63) is 19.3 Å². The van der Waals surface area contributed by atoms with Crippen molar-refractivity contribution in [3.8, 4) is 0 Å². The summed E-state index contributed by atoms with van der Waals surface area (Å²) >= 11 is 7.28. The third kappa shape index (κ3) is 41.2. The Balaban J connectivity index is -0.000000120. The van der Waals surface area contributed by atoms with Crippen LogP contribution in [0.2, 0.25) is 0 Å². The van der Waals surface area contributed by atoms with Crippen molar-refractivity contribution in [3.63, 3.8) is 0 Å². The second kappa shape index (κ2) is 27.8. The zero-order valence-electron chi connectivity index (χ0n) is 16.5. The molecule has 3 fully saturated rings. The van der Waals surface area contributed by atoms with Gasteiger partial charge in [0.15, 0.2) is 0 Å². The summed E-state index contributed by atoms with van der Waals surface area (Å²) in [4.78, 5) is 18.6. The molecular weight excluding hydrogens is 539 g/mol. The van der Waals surface area contributed by atoms with E-state index in [9.17, 15) is 9.79 Å². The van der Waals surface area contributed by atoms with Crippen LogP contribution in [0.3, 0.4) is 0 Å². The summed E-state index contributed by atoms with van der Waals surface area (Å²) in [6.07, 6.45) is 28.5. The molecule has 2 nitrogen and oxygen atoms in total. The Morgan fingerprint density at radius 3 is 0.731 bits per heavy atom. The smallest absolute Gasteiger partial charge is 0.850 e. The van der Waals surface area contributed by atoms with Crippen LogP contribution in [-0.4, -0.2) is 0 Å². The van der Waals surface area contributed by atoms with Gasteiger partial charge in [-0.2, -0.15) is 50.3 Å². The van der Waals surface area contributed by atoms with Crippen molar-refractivity contribution in [1.82, 2.24) is 0 Å². The van der Waals surface area contributed by atoms with E-state index in [1.54, 1.807) is 0 Å². The number of hydrogen-bond acceptors (Lipinski definition) is 4. The fourth-order valence-electron chi connectivity index (χ4n) is 2.70. The van der Waals surface area contributed by atoms with Crippen LogP contribution >= 0.6 is 5.69 Å². The predicted molar refractivity (Wildman–Crippen MR) is 104 cm³/mol. The van der Waals surface area contributed by atoms with Gasteiger partial charge in [0.05, 0.1) is 0 Å². The van der Waals surface area contributed by atoms with Crippen molar-refractivity contribution in [2.45, 2.75) is 96.3 Å². The maximum absolute atomic E-state index is 9.29. The van der Waals surface area contributed by atoms with Gasteiger partial charge in [-0.1, -0.05) is 57.8 Å². The van der Waals surface area contributed by atoms with Gasteiger partial charge in [0.1, 0.15) is 0 Å². The summed E-state index contributed by atoms with van der Waals surface area (Å²) in [7, 11) is 0. The molecule has 0 radical (unpaired) electrons. The van der Waals surface area contributed by atoms with Crippen LogP contribution < -0.4 is 9.79 Å². The normalized spacial score (nSPS) is 18.9. The van der Waals surface area contributed by atoms with E-state index in [0.717, 1.165) is 0 Å². The summed E-state index contributed by atoms with van der Waals surface area (Å²) in [6, 6.07) is 0. The first-order valence-corrected chi connectivity index (χ1v) is 12.8. The van der Waals surface area contributed by atoms with Gasteiger partial charge >= 0.3 is 58.4 Å². The van der Waals surface area contributed by atoms with Crippen molar-refractivity contribution in [2.24, 2.45) is 0 Å². The number of hydrogen-bond donors (Lipinski definition) is 0. The maximum Gasteiger partial charge on any atom is 2.00 e. The van der Waals surface area contributed by atoms with Crippen LogP contribution in [0, 0.1) is 19.3 Å². The molecule has 0 aromatic carbocycles. The second-order valence-electron chi connectivity index (χ2n) is 6.23. The first kappa shape index (κ1) is 36.2. The minimum absolute atomic E-state index is 0. The van der Waals surface area contributed by atoms with E-state index in [1.807, 2.05) is 0 Å². The van der Waals surface area contributed by atoms with Crippen molar-refractivity contribution >= 4 is 29.7 Å². The van der Waals surface area contributed by atoms with Gasteiger partial charge in [0.2, 0.25) is 0 Å². The molecule has 0 atom stereocenters. The molecule has 0 heterocycles. The first-order valence-electron chi connectivity index (χ1n) is 9.18. The average Bonchev–Trinajstić information content (AvgIpc) is 2.59. The monoisotopic (exact) mass is 568 g/mol. The van der Waals surface area contributed by atoms with E-state index in [2.05, 4.69) is 43.3 Å². The van der Waals surface area contributed by atoms with E-state index in [0.29, 0.717) is 0 Å². The predicted octanol–water partition coefficient (Wildman–Crippen LogP) is 4.94. The van der Waals surface area contributed by atoms with Crippen molar-refractivity contribution in [2.75, 3.05) is 0 Å². The van der Waals surface area contributed by atoms with Gasteiger partial charge in [-0.15, -0.1) is 0 Å². The Hall–Kier alpha value is 2.79. The van der Waals surface area contributed by atoms with Gasteiger partial charge in [0, 0.05) is 0 Å². The molecule has 3 aliphatic rings. The van der Waals surface area contributed by atoms with Crippen LogP contribution in [0.4, 0.5) is 0 Å². The van der Waals surface area contributed by atoms with Crippen molar-refractivity contribution in [1.29, 1.82) is 0 Å². The Morgan fingerprint density at radius 2 is 0.692 bits per heavy atom. The summed E-state index contributed by atoms with van der Waals surface area (Å²) < 4.78 is 0. The van der Waals surface area contributed by atoms with Gasteiger partial charge in [-0.25, -0.2) is 0 Å². The molecule has 0 bridgehead atoms. The van der Waals surface area contributed by atoms with E-state index < -0.39 is 5.69 Å². The van der Waals surface area contributed by atoms with E-state index in [-0.39, 0.29) is 58.4 Å². The minimum Gasteiger partial charge on any atom is -0.850 e. The molecule has 140 valence electrons. The second-order valence-corrected chi connectivity index (χ2v) is 10.7. The third-order valence-electron chi connectivity index (χ3n) is 3.95. The zero-order chi connectivity index (χ0) is 17.2. The van der Waals surface area contributed by atoms with Crippen LogP contribution in [0.1, 0.15) is 96.3 Å². The molecule has 0 aromatic rings. The Bertz CT molecular complexity index is 212. The van der Waals surface area contributed by atoms with E-state index in [1.165, 1.54) is 96.3 Å². The molecule has 0 saturated heterocycles. The Morgan fingerprint density at radius 1 is 0.538 bits per heavy atom. The topological polar surface area (TPSA) is 46.1 Å². The standard InChI is InChI=1S/3C6H11.H3O2PS2.3Zn/c3*1-2-4-6-5-3-1;1-3(2,4)5;;;/h3*1H,2-6H2;(H3,1,2,4,5);;;/q3*-1;;3*+2/p-3. The summed E-state index contributed by atoms with van der Waals surface area (Å²) in [6.45, 7) is 0. The Labute approximate surface area is 211 Å². The largest absolute Gasteiger partial charge is 2.00 e. The van der Waals surface area contributed by atoms with Gasteiger partial charge in [0.25, 0.3) is 0 Å². The summed E-state index contributed by atoms with van der Waals surface area (Å²) in [5.74, 6) is 0. The summed E-state index contributed by atoms with van der Waals surface area (Å²) in [5, 5.41) is 0. The van der Waals surface area contributed by atoms with Gasteiger partial charge in [-0.3, -0.25) is 0 Å². The molecule has 3 rings (SSSR count). The Kier molecular flexibility index (Phi) is 38.7. The average molecular weight is 573 g/mol. The van der Waals surface area contributed by atoms with E-state index >= 15 is 0 Å². The van der Waals surface area contributed by atoms with Crippen LogP contribution in [0.5, 0.6) is 0 Å². The molecule has 0 N–H and O–H groups in total. The molecule has 0 spiro atoms. The fraction of sp³-hybridized carbons (Fsp3) is 0.833. The van der Waals surface area contributed by atoms with Gasteiger partial charge in [-0.05, 0) is 0 Å². The van der Waals surface area contributed by atoms with Gasteiger partial charge < -0.3 is 47.0 Å². The van der Waals surface area contributed by atoms with Crippen LogP contribution in [-0.2, 0) is 82.5 Å². The molecule has 0 amide bonds. The van der Waals surface area contributed by atoms with Crippen molar-refractivity contribution < 1.29 is 68.2 Å². The molecule has 26 heavy (non-hydrogen) atoms. The molecular formula is C18H33O2PS2Zn3. The zero-order valence-corrected chi connectivity index (χ0v) is 28.0. The van der Waals surface area contributed by atoms with Crippen LogP contribution in [0.15, 0.2) is 0 Å². The molecule has 3 saturated carbocycles. The molecule has 0 unspecified atom stereocenters. The third-order valence-corrected chi connectivity index (χ3v) is 3.95. The summed E-state index contributed by atoms with van der Waals surface area (Å²) in [5.41, 5.74) is -3.72.